The van der Waals surface area contributed by atoms with E-state index in [0.717, 1.165) is 28.3 Å². The highest BCUT2D eigenvalue weighted by Crippen LogP contribution is 2.30. The molecule has 4 aromatic rings. The van der Waals surface area contributed by atoms with Crippen molar-refractivity contribution >= 4 is 11.5 Å². The van der Waals surface area contributed by atoms with Gasteiger partial charge < -0.3 is 9.73 Å². The van der Waals surface area contributed by atoms with Crippen LogP contribution in [0.3, 0.4) is 0 Å². The van der Waals surface area contributed by atoms with Crippen LogP contribution in [0.25, 0.3) is 0 Å². The van der Waals surface area contributed by atoms with Gasteiger partial charge in [-0.05, 0) is 48.7 Å². The van der Waals surface area contributed by atoms with Gasteiger partial charge in [-0.2, -0.15) is 0 Å². The lowest BCUT2D eigenvalue weighted by Gasteiger charge is -2.17. The molecule has 1 N–H and O–H groups in total. The van der Waals surface area contributed by atoms with Gasteiger partial charge in [0.2, 0.25) is 5.89 Å². The second kappa shape index (κ2) is 7.78. The minimum absolute atomic E-state index is 0.0485. The average Bonchev–Trinajstić information content (AvgIpc) is 3.23. The van der Waals surface area contributed by atoms with Crippen molar-refractivity contribution in [3.05, 3.63) is 96.4 Å². The van der Waals surface area contributed by atoms with Crippen LogP contribution in [0.5, 0.6) is 0 Å². The Kier molecular flexibility index (Phi) is 4.87. The number of nitrogens with zero attached hydrogens (tertiary/aromatic N) is 4. The minimum atomic E-state index is -0.0485. The first-order valence-electron chi connectivity index (χ1n) is 8.72. The van der Waals surface area contributed by atoms with Gasteiger partial charge in [0.15, 0.2) is 0 Å². The van der Waals surface area contributed by atoms with Gasteiger partial charge in [0.1, 0.15) is 12.1 Å². The van der Waals surface area contributed by atoms with Crippen molar-refractivity contribution in [3.8, 4) is 0 Å². The Morgan fingerprint density at radius 1 is 1.00 bits per heavy atom. The van der Waals surface area contributed by atoms with E-state index >= 15 is 0 Å². The predicted molar refractivity (Wildman–Crippen MR) is 103 cm³/mol. The number of aromatic nitrogens is 4. The maximum absolute atomic E-state index is 5.61. The van der Waals surface area contributed by atoms with Crippen LogP contribution in [0.4, 0.5) is 11.5 Å². The molecule has 0 bridgehead atoms. The van der Waals surface area contributed by atoms with Crippen molar-refractivity contribution in [1.82, 2.24) is 19.9 Å². The molecule has 0 saturated carbocycles. The third kappa shape index (κ3) is 4.00. The molecule has 0 amide bonds. The number of rotatable bonds is 6. The summed E-state index contributed by atoms with van der Waals surface area (Å²) >= 11 is 0. The lowest BCUT2D eigenvalue weighted by atomic mass is 9.93. The summed E-state index contributed by atoms with van der Waals surface area (Å²) in [7, 11) is 0. The first kappa shape index (κ1) is 16.9. The Morgan fingerprint density at radius 2 is 1.85 bits per heavy atom. The molecule has 27 heavy (non-hydrogen) atoms. The molecular weight excluding hydrogens is 338 g/mol. The summed E-state index contributed by atoms with van der Waals surface area (Å²) in [5, 5.41) is 3.38. The number of aryl methyl sites for hydroxylation is 1. The summed E-state index contributed by atoms with van der Waals surface area (Å²) < 4.78 is 5.61. The van der Waals surface area contributed by atoms with Crippen LogP contribution < -0.4 is 5.32 Å². The SMILES string of the molecule is Cc1ccc(CC(c2cccnc2)c2ncco2)c(Nc2cccnc2)n1. The third-order valence-electron chi connectivity index (χ3n) is 4.30. The Labute approximate surface area is 157 Å². The fourth-order valence-corrected chi connectivity index (χ4v) is 2.99. The highest BCUT2D eigenvalue weighted by molar-refractivity contribution is 5.59. The Morgan fingerprint density at radius 3 is 2.56 bits per heavy atom. The quantitative estimate of drug-likeness (QED) is 0.555. The number of hydrogen-bond acceptors (Lipinski definition) is 6. The van der Waals surface area contributed by atoms with Crippen molar-refractivity contribution < 1.29 is 4.42 Å². The molecule has 6 nitrogen and oxygen atoms in total. The standard InChI is InChI=1S/C21H19N5O/c1-15-6-7-16(20(25-15)26-18-5-3-9-23-14-18)12-19(21-24-10-11-27-21)17-4-2-8-22-13-17/h2-11,13-14,19H,12H2,1H3,(H,25,26). The summed E-state index contributed by atoms with van der Waals surface area (Å²) in [5.41, 5.74) is 3.95. The molecule has 6 heteroatoms. The molecule has 0 aliphatic rings. The highest BCUT2D eigenvalue weighted by Gasteiger charge is 2.21. The number of oxazole rings is 1. The molecule has 0 aromatic carbocycles. The predicted octanol–water partition coefficient (Wildman–Crippen LogP) is 4.29. The highest BCUT2D eigenvalue weighted by atomic mass is 16.3. The van der Waals surface area contributed by atoms with Gasteiger partial charge in [0, 0.05) is 24.3 Å². The molecule has 0 aliphatic carbocycles. The van der Waals surface area contributed by atoms with E-state index in [0.29, 0.717) is 12.3 Å². The Bertz CT molecular complexity index is 988. The number of anilines is 2. The van der Waals surface area contributed by atoms with Crippen molar-refractivity contribution in [3.63, 3.8) is 0 Å². The Balaban J connectivity index is 1.69. The monoisotopic (exact) mass is 357 g/mol. The third-order valence-corrected chi connectivity index (χ3v) is 4.30. The van der Waals surface area contributed by atoms with Gasteiger partial charge >= 0.3 is 0 Å². The van der Waals surface area contributed by atoms with E-state index in [9.17, 15) is 0 Å². The van der Waals surface area contributed by atoms with Gasteiger partial charge in [-0.1, -0.05) is 12.1 Å². The van der Waals surface area contributed by atoms with E-state index in [1.807, 2.05) is 43.5 Å². The van der Waals surface area contributed by atoms with Gasteiger partial charge in [0.05, 0.1) is 24.0 Å². The topological polar surface area (TPSA) is 76.7 Å². The van der Waals surface area contributed by atoms with E-state index < -0.39 is 0 Å². The molecule has 0 saturated heterocycles. The van der Waals surface area contributed by atoms with Crippen LogP contribution >= 0.6 is 0 Å². The maximum atomic E-state index is 5.61. The number of pyridine rings is 3. The summed E-state index contributed by atoms with van der Waals surface area (Å²) in [6.07, 6.45) is 11.1. The minimum Gasteiger partial charge on any atom is -0.448 e. The number of hydrogen-bond donors (Lipinski definition) is 1. The largest absolute Gasteiger partial charge is 0.448 e. The van der Waals surface area contributed by atoms with E-state index in [2.05, 4.69) is 26.3 Å². The molecular formula is C21H19N5O. The van der Waals surface area contributed by atoms with Crippen molar-refractivity contribution in [2.75, 3.05) is 5.32 Å². The normalized spacial score (nSPS) is 11.9. The lowest BCUT2D eigenvalue weighted by molar-refractivity contribution is 0.467. The van der Waals surface area contributed by atoms with E-state index in [1.165, 1.54) is 0 Å². The second-order valence-electron chi connectivity index (χ2n) is 6.24. The molecule has 0 aliphatic heterocycles. The zero-order valence-electron chi connectivity index (χ0n) is 14.9. The maximum Gasteiger partial charge on any atom is 0.201 e. The fourth-order valence-electron chi connectivity index (χ4n) is 2.99. The van der Waals surface area contributed by atoms with E-state index in [1.54, 1.807) is 31.1 Å². The summed E-state index contributed by atoms with van der Waals surface area (Å²) in [6.45, 7) is 1.98. The van der Waals surface area contributed by atoms with Crippen LogP contribution in [0.1, 0.15) is 28.6 Å². The first-order valence-corrected chi connectivity index (χ1v) is 8.72. The molecule has 4 aromatic heterocycles. The molecule has 1 unspecified atom stereocenters. The molecule has 1 atom stereocenters. The van der Waals surface area contributed by atoms with Crippen LogP contribution in [0.15, 0.2) is 78.1 Å². The molecule has 0 spiro atoms. The molecule has 134 valence electrons. The smallest absolute Gasteiger partial charge is 0.201 e. The lowest BCUT2D eigenvalue weighted by Crippen LogP contribution is -2.09. The van der Waals surface area contributed by atoms with Gasteiger partial charge in [-0.25, -0.2) is 9.97 Å². The Hall–Kier alpha value is -3.54. The van der Waals surface area contributed by atoms with Crippen LogP contribution in [-0.4, -0.2) is 19.9 Å². The summed E-state index contributed by atoms with van der Waals surface area (Å²) in [6, 6.07) is 11.9. The number of nitrogens with one attached hydrogen (secondary N) is 1. The first-order chi connectivity index (χ1) is 13.3. The van der Waals surface area contributed by atoms with Crippen molar-refractivity contribution in [1.29, 1.82) is 0 Å². The average molecular weight is 357 g/mol. The van der Waals surface area contributed by atoms with Crippen molar-refractivity contribution in [2.24, 2.45) is 0 Å². The molecule has 0 fully saturated rings. The molecule has 4 rings (SSSR count). The summed E-state index contributed by atoms with van der Waals surface area (Å²) in [5.74, 6) is 1.42. The van der Waals surface area contributed by atoms with Gasteiger partial charge in [-0.15, -0.1) is 0 Å². The van der Waals surface area contributed by atoms with Crippen molar-refractivity contribution in [2.45, 2.75) is 19.3 Å². The zero-order valence-corrected chi connectivity index (χ0v) is 14.9. The van der Waals surface area contributed by atoms with E-state index in [-0.39, 0.29) is 5.92 Å². The van der Waals surface area contributed by atoms with E-state index in [4.69, 9.17) is 9.40 Å². The molecule has 4 heterocycles. The zero-order chi connectivity index (χ0) is 18.5. The van der Waals surface area contributed by atoms with Crippen LogP contribution in [0, 0.1) is 6.92 Å². The summed E-state index contributed by atoms with van der Waals surface area (Å²) in [4.78, 5) is 17.5. The van der Waals surface area contributed by atoms with Crippen LogP contribution in [0.2, 0.25) is 0 Å². The van der Waals surface area contributed by atoms with Gasteiger partial charge in [-0.3, -0.25) is 9.97 Å². The van der Waals surface area contributed by atoms with Gasteiger partial charge in [0.25, 0.3) is 0 Å². The second-order valence-corrected chi connectivity index (χ2v) is 6.24. The molecule has 0 radical (unpaired) electrons. The van der Waals surface area contributed by atoms with Crippen LogP contribution in [-0.2, 0) is 6.42 Å². The fraction of sp³-hybridized carbons (Fsp3) is 0.143.